The van der Waals surface area contributed by atoms with E-state index in [1.807, 2.05) is 7.05 Å². The van der Waals surface area contributed by atoms with Gasteiger partial charge in [-0.1, -0.05) is 23.4 Å². The van der Waals surface area contributed by atoms with E-state index in [0.717, 1.165) is 0 Å². The van der Waals surface area contributed by atoms with Crippen molar-refractivity contribution in [3.05, 3.63) is 70.8 Å². The summed E-state index contributed by atoms with van der Waals surface area (Å²) in [7, 11) is 1.82. The Morgan fingerprint density at radius 2 is 1.85 bits per heavy atom. The molecule has 0 spiro atoms. The molecular formula is C19H17ClFN3O2S. The van der Waals surface area contributed by atoms with Crippen molar-refractivity contribution in [2.45, 2.75) is 23.9 Å². The van der Waals surface area contributed by atoms with E-state index in [9.17, 15) is 9.18 Å². The summed E-state index contributed by atoms with van der Waals surface area (Å²) in [6.07, 6.45) is 0. The van der Waals surface area contributed by atoms with Gasteiger partial charge in [0.1, 0.15) is 18.2 Å². The summed E-state index contributed by atoms with van der Waals surface area (Å²) in [5.41, 5.74) is 0.463. The second-order valence-corrected chi connectivity index (χ2v) is 7.58. The summed E-state index contributed by atoms with van der Waals surface area (Å²) in [4.78, 5) is 12.5. The molecule has 3 aromatic rings. The highest BCUT2D eigenvalue weighted by Crippen LogP contribution is 2.25. The highest BCUT2D eigenvalue weighted by Gasteiger charge is 2.20. The number of carbonyl (C=O) groups excluding carboxylic acids is 1. The summed E-state index contributed by atoms with van der Waals surface area (Å²) < 4.78 is 20.5. The van der Waals surface area contributed by atoms with Crippen LogP contribution in [0.4, 0.5) is 4.39 Å². The van der Waals surface area contributed by atoms with Gasteiger partial charge in [-0.2, -0.15) is 0 Å². The van der Waals surface area contributed by atoms with Crippen LogP contribution in [0.25, 0.3) is 0 Å². The lowest BCUT2D eigenvalue weighted by Gasteiger charge is -2.10. The van der Waals surface area contributed by atoms with Crippen LogP contribution in [0.15, 0.2) is 53.7 Å². The third kappa shape index (κ3) is 4.87. The molecule has 1 atom stereocenters. The van der Waals surface area contributed by atoms with Crippen molar-refractivity contribution < 1.29 is 13.9 Å². The Kier molecular flexibility index (Phi) is 6.13. The van der Waals surface area contributed by atoms with Gasteiger partial charge in [0.15, 0.2) is 16.8 Å². The van der Waals surface area contributed by atoms with Gasteiger partial charge in [0.05, 0.1) is 5.25 Å². The molecule has 5 nitrogen and oxygen atoms in total. The van der Waals surface area contributed by atoms with Gasteiger partial charge in [-0.05, 0) is 55.5 Å². The highest BCUT2D eigenvalue weighted by molar-refractivity contribution is 8.00. The fourth-order valence-electron chi connectivity index (χ4n) is 2.31. The molecular weight excluding hydrogens is 389 g/mol. The van der Waals surface area contributed by atoms with Gasteiger partial charge in [0.2, 0.25) is 0 Å². The number of aromatic nitrogens is 3. The molecule has 140 valence electrons. The molecule has 2 aromatic carbocycles. The third-order valence-corrected chi connectivity index (χ3v) is 5.27. The number of nitrogens with zero attached hydrogens (tertiary/aromatic N) is 3. The number of benzene rings is 2. The maximum Gasteiger partial charge on any atom is 0.191 e. The normalized spacial score (nSPS) is 12.0. The molecule has 0 aliphatic rings. The monoisotopic (exact) mass is 405 g/mol. The summed E-state index contributed by atoms with van der Waals surface area (Å²) in [5, 5.41) is 9.12. The standard InChI is InChI=1S/C19H17ClFN3O2S/c1-12(18(25)13-3-7-15(21)8-4-13)27-19-23-22-17(24(19)2)11-26-16-9-5-14(20)6-10-16/h3-10,12H,11H2,1-2H3/t12-/m0/s1. The zero-order valence-corrected chi connectivity index (χ0v) is 16.3. The minimum Gasteiger partial charge on any atom is -0.486 e. The quantitative estimate of drug-likeness (QED) is 0.426. The van der Waals surface area contributed by atoms with Gasteiger partial charge < -0.3 is 9.30 Å². The van der Waals surface area contributed by atoms with Gasteiger partial charge in [-0.15, -0.1) is 10.2 Å². The van der Waals surface area contributed by atoms with Crippen LogP contribution in [-0.2, 0) is 13.7 Å². The number of hydrogen-bond donors (Lipinski definition) is 0. The number of ketones is 1. The lowest BCUT2D eigenvalue weighted by Crippen LogP contribution is -2.14. The largest absolute Gasteiger partial charge is 0.486 e. The van der Waals surface area contributed by atoms with Gasteiger partial charge >= 0.3 is 0 Å². The fraction of sp³-hybridized carbons (Fsp3) is 0.211. The predicted molar refractivity (Wildman–Crippen MR) is 103 cm³/mol. The molecule has 0 radical (unpaired) electrons. The van der Waals surface area contributed by atoms with Crippen molar-refractivity contribution in [1.29, 1.82) is 0 Å². The molecule has 8 heteroatoms. The number of rotatable bonds is 7. The van der Waals surface area contributed by atoms with E-state index >= 15 is 0 Å². The topological polar surface area (TPSA) is 57.0 Å². The first-order valence-electron chi connectivity index (χ1n) is 8.17. The molecule has 0 aliphatic carbocycles. The number of hydrogen-bond acceptors (Lipinski definition) is 5. The molecule has 0 amide bonds. The van der Waals surface area contributed by atoms with Crippen molar-refractivity contribution in [2.75, 3.05) is 0 Å². The van der Waals surface area contributed by atoms with Gasteiger partial charge in [0, 0.05) is 17.6 Å². The van der Waals surface area contributed by atoms with Crippen LogP contribution in [0.3, 0.4) is 0 Å². The Morgan fingerprint density at radius 1 is 1.19 bits per heavy atom. The molecule has 27 heavy (non-hydrogen) atoms. The Labute approximate surface area is 165 Å². The number of thioether (sulfide) groups is 1. The van der Waals surface area contributed by atoms with E-state index in [1.54, 1.807) is 35.8 Å². The number of Topliss-reactive ketones (excluding diaryl/α,β-unsaturated/α-hetero) is 1. The molecule has 1 aromatic heterocycles. The minimum absolute atomic E-state index is 0.0954. The first kappa shape index (κ1) is 19.4. The summed E-state index contributed by atoms with van der Waals surface area (Å²) in [5.74, 6) is 0.845. The Hall–Kier alpha value is -2.38. The van der Waals surface area contributed by atoms with Crippen LogP contribution >= 0.6 is 23.4 Å². The van der Waals surface area contributed by atoms with Crippen molar-refractivity contribution in [3.8, 4) is 5.75 Å². The molecule has 0 saturated heterocycles. The third-order valence-electron chi connectivity index (χ3n) is 3.89. The summed E-state index contributed by atoms with van der Waals surface area (Å²) in [6, 6.07) is 12.6. The molecule has 3 rings (SSSR count). The average Bonchev–Trinajstić information content (AvgIpc) is 3.01. The molecule has 0 saturated carbocycles. The van der Waals surface area contributed by atoms with E-state index in [2.05, 4.69) is 10.2 Å². The van der Waals surface area contributed by atoms with Crippen LogP contribution in [0.1, 0.15) is 23.1 Å². The van der Waals surface area contributed by atoms with E-state index in [0.29, 0.717) is 27.3 Å². The van der Waals surface area contributed by atoms with Crippen LogP contribution in [0.2, 0.25) is 5.02 Å². The van der Waals surface area contributed by atoms with Crippen molar-refractivity contribution in [3.63, 3.8) is 0 Å². The Morgan fingerprint density at radius 3 is 2.52 bits per heavy atom. The smallest absolute Gasteiger partial charge is 0.191 e. The predicted octanol–water partition coefficient (Wildman–Crippen LogP) is 4.55. The summed E-state index contributed by atoms with van der Waals surface area (Å²) >= 11 is 7.15. The highest BCUT2D eigenvalue weighted by atomic mass is 35.5. The molecule has 0 bridgehead atoms. The SMILES string of the molecule is C[C@H](Sc1nnc(COc2ccc(Cl)cc2)n1C)C(=O)c1ccc(F)cc1. The lowest BCUT2D eigenvalue weighted by atomic mass is 10.1. The Bertz CT molecular complexity index is 929. The van der Waals surface area contributed by atoms with Crippen LogP contribution in [0.5, 0.6) is 5.75 Å². The maximum atomic E-state index is 13.0. The van der Waals surface area contributed by atoms with Gasteiger partial charge in [-0.3, -0.25) is 4.79 Å². The minimum atomic E-state index is -0.386. The average molecular weight is 406 g/mol. The summed E-state index contributed by atoms with van der Waals surface area (Å²) in [6.45, 7) is 2.03. The maximum absolute atomic E-state index is 13.0. The number of ether oxygens (including phenoxy) is 1. The van der Waals surface area contributed by atoms with Crippen LogP contribution in [0, 0.1) is 5.82 Å². The molecule has 0 unspecified atom stereocenters. The molecule has 0 aliphatic heterocycles. The fourth-order valence-corrected chi connectivity index (χ4v) is 3.35. The van der Waals surface area contributed by atoms with Gasteiger partial charge in [0.25, 0.3) is 0 Å². The molecule has 1 heterocycles. The second-order valence-electron chi connectivity index (χ2n) is 5.83. The van der Waals surface area contributed by atoms with E-state index in [1.165, 1.54) is 36.0 Å². The zero-order chi connectivity index (χ0) is 19.4. The van der Waals surface area contributed by atoms with Gasteiger partial charge in [-0.25, -0.2) is 4.39 Å². The van der Waals surface area contributed by atoms with Crippen molar-refractivity contribution in [1.82, 2.24) is 14.8 Å². The number of halogens is 2. The number of carbonyl (C=O) groups is 1. The first-order chi connectivity index (χ1) is 12.9. The van der Waals surface area contributed by atoms with E-state index in [-0.39, 0.29) is 23.5 Å². The van der Waals surface area contributed by atoms with Crippen molar-refractivity contribution in [2.24, 2.45) is 7.05 Å². The Balaban J connectivity index is 1.63. The van der Waals surface area contributed by atoms with E-state index in [4.69, 9.17) is 16.3 Å². The van der Waals surface area contributed by atoms with Crippen molar-refractivity contribution >= 4 is 29.1 Å². The van der Waals surface area contributed by atoms with Crippen LogP contribution < -0.4 is 4.74 Å². The lowest BCUT2D eigenvalue weighted by molar-refractivity contribution is 0.0994. The molecule has 0 N–H and O–H groups in total. The van der Waals surface area contributed by atoms with Crippen LogP contribution in [-0.4, -0.2) is 25.8 Å². The van der Waals surface area contributed by atoms with E-state index < -0.39 is 0 Å². The molecule has 0 fully saturated rings. The zero-order valence-electron chi connectivity index (χ0n) is 14.7. The second kappa shape index (κ2) is 8.54. The first-order valence-corrected chi connectivity index (χ1v) is 9.43.